The topological polar surface area (TPSA) is 72.2 Å². The summed E-state index contributed by atoms with van der Waals surface area (Å²) in [6.07, 6.45) is 4.16. The summed E-state index contributed by atoms with van der Waals surface area (Å²) in [5.74, 6) is 0.259. The van der Waals surface area contributed by atoms with Gasteiger partial charge >= 0.3 is 0 Å². The second-order valence-corrected chi connectivity index (χ2v) is 8.11. The van der Waals surface area contributed by atoms with E-state index in [2.05, 4.69) is 4.72 Å². The largest absolute Gasteiger partial charge is 0.329 e. The fraction of sp³-hybridized carbons (Fsp3) is 0.538. The highest BCUT2D eigenvalue weighted by Gasteiger charge is 2.30. The lowest BCUT2D eigenvalue weighted by Gasteiger charge is -2.23. The van der Waals surface area contributed by atoms with Gasteiger partial charge in [0.05, 0.1) is 10.0 Å². The Morgan fingerprint density at radius 1 is 1.19 bits per heavy atom. The molecule has 3 N–H and O–H groups in total. The minimum atomic E-state index is -3.84. The van der Waals surface area contributed by atoms with E-state index in [1.807, 2.05) is 0 Å². The van der Waals surface area contributed by atoms with Gasteiger partial charge in [-0.1, -0.05) is 47.6 Å². The van der Waals surface area contributed by atoms with Crippen molar-refractivity contribution in [3.8, 4) is 0 Å². The summed E-state index contributed by atoms with van der Waals surface area (Å²) in [5.41, 5.74) is 5.72. The monoisotopic (exact) mass is 370 g/mol. The van der Waals surface area contributed by atoms with E-state index >= 15 is 0 Å². The number of nitrogens with two attached hydrogens (primary N) is 1. The Morgan fingerprint density at radius 2 is 1.71 bits per heavy atom. The van der Waals surface area contributed by atoms with Gasteiger partial charge in [0.1, 0.15) is 4.90 Å². The van der Waals surface area contributed by atoms with Crippen molar-refractivity contribution in [1.82, 2.24) is 4.72 Å². The minimum absolute atomic E-state index is 0.00203. The molecule has 0 saturated heterocycles. The molecule has 118 valence electrons. The molecular formula is C13H17Cl3N2O2S. The van der Waals surface area contributed by atoms with Crippen molar-refractivity contribution in [2.24, 2.45) is 11.7 Å². The van der Waals surface area contributed by atoms with Crippen molar-refractivity contribution >= 4 is 44.8 Å². The predicted molar refractivity (Wildman–Crippen MR) is 86.6 cm³/mol. The summed E-state index contributed by atoms with van der Waals surface area (Å²) < 4.78 is 27.7. The summed E-state index contributed by atoms with van der Waals surface area (Å²) in [6, 6.07) is 2.41. The molecule has 1 aliphatic rings. The number of hydrogen-bond acceptors (Lipinski definition) is 3. The Hall–Kier alpha value is -0.0400. The zero-order valence-corrected chi connectivity index (χ0v) is 14.4. The molecule has 2 rings (SSSR count). The third-order valence-corrected chi connectivity index (χ3v) is 6.39. The van der Waals surface area contributed by atoms with Gasteiger partial charge in [-0.25, -0.2) is 13.1 Å². The SMILES string of the molecule is NCC(NS(=O)(=O)c1c(Cl)cc(Cl)cc1Cl)C1CCCC1. The lowest BCUT2D eigenvalue weighted by Crippen LogP contribution is -2.44. The number of benzene rings is 1. The second-order valence-electron chi connectivity index (χ2n) is 5.21. The van der Waals surface area contributed by atoms with Gasteiger partial charge in [0, 0.05) is 17.6 Å². The van der Waals surface area contributed by atoms with Gasteiger partial charge in [-0.15, -0.1) is 0 Å². The average molecular weight is 372 g/mol. The summed E-state index contributed by atoms with van der Waals surface area (Å²) >= 11 is 17.8. The molecule has 0 aliphatic heterocycles. The van der Waals surface area contributed by atoms with E-state index in [0.29, 0.717) is 0 Å². The van der Waals surface area contributed by atoms with Crippen LogP contribution >= 0.6 is 34.8 Å². The van der Waals surface area contributed by atoms with Crippen molar-refractivity contribution in [3.05, 3.63) is 27.2 Å². The molecule has 0 spiro atoms. The van der Waals surface area contributed by atoms with Gasteiger partial charge in [0.25, 0.3) is 0 Å². The molecule has 0 bridgehead atoms. The fourth-order valence-electron chi connectivity index (χ4n) is 2.74. The van der Waals surface area contributed by atoms with Crippen LogP contribution < -0.4 is 10.5 Å². The van der Waals surface area contributed by atoms with Crippen LogP contribution in [0.1, 0.15) is 25.7 Å². The zero-order valence-electron chi connectivity index (χ0n) is 11.3. The van der Waals surface area contributed by atoms with Crippen LogP contribution in [0.5, 0.6) is 0 Å². The molecule has 1 fully saturated rings. The van der Waals surface area contributed by atoms with Gasteiger partial charge in [0.2, 0.25) is 10.0 Å². The molecule has 8 heteroatoms. The van der Waals surface area contributed by atoms with Crippen molar-refractivity contribution in [3.63, 3.8) is 0 Å². The van der Waals surface area contributed by atoms with Crippen LogP contribution in [-0.2, 0) is 10.0 Å². The highest BCUT2D eigenvalue weighted by atomic mass is 35.5. The van der Waals surface area contributed by atoms with Crippen molar-refractivity contribution < 1.29 is 8.42 Å². The quantitative estimate of drug-likeness (QED) is 0.832. The standard InChI is InChI=1S/C13H17Cl3N2O2S/c14-9-5-10(15)13(11(16)6-9)21(19,20)18-12(7-17)8-3-1-2-4-8/h5-6,8,12,18H,1-4,7,17H2. The van der Waals surface area contributed by atoms with E-state index in [1.165, 1.54) is 12.1 Å². The second kappa shape index (κ2) is 7.02. The fourth-order valence-corrected chi connectivity index (χ4v) is 5.60. The highest BCUT2D eigenvalue weighted by Crippen LogP contribution is 2.34. The summed E-state index contributed by atoms with van der Waals surface area (Å²) in [4.78, 5) is -0.147. The molecule has 1 unspecified atom stereocenters. The van der Waals surface area contributed by atoms with Crippen LogP contribution in [0.15, 0.2) is 17.0 Å². The van der Waals surface area contributed by atoms with Crippen molar-refractivity contribution in [1.29, 1.82) is 0 Å². The van der Waals surface area contributed by atoms with Crippen molar-refractivity contribution in [2.75, 3.05) is 6.54 Å². The predicted octanol–water partition coefficient (Wildman–Crippen LogP) is 3.44. The summed E-state index contributed by atoms with van der Waals surface area (Å²) in [7, 11) is -3.84. The summed E-state index contributed by atoms with van der Waals surface area (Å²) in [6.45, 7) is 0.243. The Labute approximate surface area is 140 Å². The molecular weight excluding hydrogens is 355 g/mol. The van der Waals surface area contributed by atoms with Gasteiger partial charge < -0.3 is 5.73 Å². The third kappa shape index (κ3) is 4.03. The first-order chi connectivity index (χ1) is 9.85. The highest BCUT2D eigenvalue weighted by molar-refractivity contribution is 7.89. The lowest BCUT2D eigenvalue weighted by molar-refractivity contribution is 0.405. The maximum absolute atomic E-state index is 12.5. The zero-order chi connectivity index (χ0) is 15.6. The van der Waals surface area contributed by atoms with Crippen LogP contribution in [0.3, 0.4) is 0 Å². The molecule has 1 atom stereocenters. The number of sulfonamides is 1. The normalized spacial score (nSPS) is 18.1. The van der Waals surface area contributed by atoms with Gasteiger partial charge in [-0.3, -0.25) is 0 Å². The molecule has 1 aromatic rings. The van der Waals surface area contributed by atoms with E-state index in [4.69, 9.17) is 40.5 Å². The van der Waals surface area contributed by atoms with Crippen LogP contribution in [-0.4, -0.2) is 21.0 Å². The average Bonchev–Trinajstić information content (AvgIpc) is 2.87. The molecule has 0 radical (unpaired) electrons. The summed E-state index contributed by atoms with van der Waals surface area (Å²) in [5, 5.41) is 0.291. The number of halogens is 3. The third-order valence-electron chi connectivity index (χ3n) is 3.76. The molecule has 0 amide bonds. The molecule has 1 aliphatic carbocycles. The van der Waals surface area contributed by atoms with Gasteiger partial charge in [0.15, 0.2) is 0 Å². The molecule has 21 heavy (non-hydrogen) atoms. The maximum Gasteiger partial charge on any atom is 0.243 e. The van der Waals surface area contributed by atoms with Crippen LogP contribution in [0.4, 0.5) is 0 Å². The number of nitrogens with one attached hydrogen (secondary N) is 1. The number of hydrogen-bond donors (Lipinski definition) is 2. The van der Waals surface area contributed by atoms with E-state index in [1.54, 1.807) is 0 Å². The Balaban J connectivity index is 2.29. The van der Waals surface area contributed by atoms with E-state index in [-0.39, 0.29) is 38.5 Å². The van der Waals surface area contributed by atoms with Gasteiger partial charge in [-0.2, -0.15) is 0 Å². The maximum atomic E-state index is 12.5. The molecule has 1 saturated carbocycles. The molecule has 0 aromatic heterocycles. The molecule has 4 nitrogen and oxygen atoms in total. The van der Waals surface area contributed by atoms with Crippen molar-refractivity contribution in [2.45, 2.75) is 36.6 Å². The molecule has 1 aromatic carbocycles. The Bertz CT molecular complexity index is 593. The Kier molecular flexibility index (Phi) is 5.79. The van der Waals surface area contributed by atoms with Crippen LogP contribution in [0, 0.1) is 5.92 Å². The van der Waals surface area contributed by atoms with Crippen LogP contribution in [0.25, 0.3) is 0 Å². The van der Waals surface area contributed by atoms with E-state index in [0.717, 1.165) is 25.7 Å². The first-order valence-electron chi connectivity index (χ1n) is 6.72. The van der Waals surface area contributed by atoms with Crippen LogP contribution in [0.2, 0.25) is 15.1 Å². The minimum Gasteiger partial charge on any atom is -0.329 e. The lowest BCUT2D eigenvalue weighted by atomic mass is 9.99. The Morgan fingerprint density at radius 3 is 2.19 bits per heavy atom. The van der Waals surface area contributed by atoms with E-state index < -0.39 is 10.0 Å². The first-order valence-corrected chi connectivity index (χ1v) is 9.34. The number of rotatable bonds is 5. The van der Waals surface area contributed by atoms with E-state index in [9.17, 15) is 8.42 Å². The smallest absolute Gasteiger partial charge is 0.243 e. The molecule has 0 heterocycles. The van der Waals surface area contributed by atoms with Gasteiger partial charge in [-0.05, 0) is 30.9 Å². The first kappa shape index (κ1) is 17.3.